The lowest BCUT2D eigenvalue weighted by molar-refractivity contribution is -0.289. The highest BCUT2D eigenvalue weighted by Crippen LogP contribution is 2.34. The summed E-state index contributed by atoms with van der Waals surface area (Å²) in [4.78, 5) is 22.8. The fourth-order valence-electron chi connectivity index (χ4n) is 2.95. The van der Waals surface area contributed by atoms with Crippen LogP contribution in [-0.2, 0) is 33.3 Å². The molecule has 0 amide bonds. The topological polar surface area (TPSA) is 101 Å². The van der Waals surface area contributed by atoms with Crippen molar-refractivity contribution in [3.63, 3.8) is 0 Å². The lowest BCUT2D eigenvalue weighted by Gasteiger charge is -2.44. The molecule has 2 saturated heterocycles. The molecular weight excluding hydrogens is 447 g/mol. The van der Waals surface area contributed by atoms with Gasteiger partial charge < -0.3 is 28.8 Å². The van der Waals surface area contributed by atoms with Gasteiger partial charge in [-0.25, -0.2) is 0 Å². The molecule has 2 fully saturated rings. The fraction of sp³-hybridized carbons (Fsp3) is 0.875. The molecule has 0 aromatic heterocycles. The minimum absolute atomic E-state index is 0.347. The van der Waals surface area contributed by atoms with Crippen LogP contribution in [0.2, 0.25) is 0 Å². The highest BCUT2D eigenvalue weighted by Gasteiger charge is 2.48. The first-order valence-electron chi connectivity index (χ1n) is 8.32. The summed E-state index contributed by atoms with van der Waals surface area (Å²) in [5.74, 6) is -0.911. The second-order valence-corrected chi connectivity index (χ2v) is 7.79. The second-order valence-electron chi connectivity index (χ2n) is 6.35. The Labute approximate surface area is 160 Å². The number of hydrogen-bond acceptors (Lipinski definition) is 8. The Hall–Kier alpha value is -0.490. The monoisotopic (exact) mass is 472 g/mol. The molecule has 0 aromatic carbocycles. The van der Waals surface area contributed by atoms with E-state index < -0.39 is 52.9 Å². The molecule has 0 aromatic rings. The highest BCUT2D eigenvalue weighted by atomic mass is 127. The Bertz CT molecular complexity index is 487. The summed E-state index contributed by atoms with van der Waals surface area (Å²) in [6.45, 7) is 6.13. The number of carbonyl (C=O) groups excluding carboxylic acids is 2. The van der Waals surface area contributed by atoms with Gasteiger partial charge in [-0.2, -0.15) is 0 Å². The maximum Gasteiger partial charge on any atom is 0.304 e. The number of esters is 2. The van der Waals surface area contributed by atoms with Crippen molar-refractivity contribution in [2.24, 2.45) is 0 Å². The predicted octanol–water partition coefficient (Wildman–Crippen LogP) is 1.30. The summed E-state index contributed by atoms with van der Waals surface area (Å²) >= 11 is 2.07. The standard InChI is InChI=1S/C16H25IO8/c1-7-11(20)5-6-12(21-7)25-15-13(17)16(24-10(4)19)22-8(2)14(15)23-9(3)18/h7-8,11-16,20H,5-6H2,1-4H3/t7-,8+,11-,12-,13+,14+,15+,16+/m0/s1. The van der Waals surface area contributed by atoms with Gasteiger partial charge in [-0.1, -0.05) is 22.6 Å². The van der Waals surface area contributed by atoms with E-state index in [4.69, 9.17) is 23.7 Å². The largest absolute Gasteiger partial charge is 0.457 e. The third-order valence-electron chi connectivity index (χ3n) is 4.21. The number of hydrogen-bond donors (Lipinski definition) is 1. The van der Waals surface area contributed by atoms with Crippen LogP contribution in [0.5, 0.6) is 0 Å². The van der Waals surface area contributed by atoms with Crippen LogP contribution in [0, 0.1) is 0 Å². The first-order valence-corrected chi connectivity index (χ1v) is 9.56. The van der Waals surface area contributed by atoms with Crippen molar-refractivity contribution >= 4 is 34.5 Å². The normalized spacial score (nSPS) is 41.8. The Balaban J connectivity index is 2.13. The summed E-state index contributed by atoms with van der Waals surface area (Å²) in [7, 11) is 0. The van der Waals surface area contributed by atoms with E-state index in [2.05, 4.69) is 22.6 Å². The van der Waals surface area contributed by atoms with E-state index in [1.165, 1.54) is 13.8 Å². The molecule has 0 unspecified atom stereocenters. The van der Waals surface area contributed by atoms with Crippen LogP contribution in [0.1, 0.15) is 40.5 Å². The Morgan fingerprint density at radius 2 is 1.64 bits per heavy atom. The van der Waals surface area contributed by atoms with Gasteiger partial charge in [-0.15, -0.1) is 0 Å². The van der Waals surface area contributed by atoms with Crippen molar-refractivity contribution in [1.29, 1.82) is 0 Å². The molecule has 0 bridgehead atoms. The van der Waals surface area contributed by atoms with Gasteiger partial charge in [0.1, 0.15) is 10.0 Å². The molecule has 1 N–H and O–H groups in total. The maximum atomic E-state index is 11.5. The number of ether oxygens (including phenoxy) is 5. The van der Waals surface area contributed by atoms with Gasteiger partial charge in [-0.3, -0.25) is 9.59 Å². The zero-order valence-electron chi connectivity index (χ0n) is 14.7. The summed E-state index contributed by atoms with van der Waals surface area (Å²) in [5.41, 5.74) is 0. The number of carbonyl (C=O) groups is 2. The first-order chi connectivity index (χ1) is 11.7. The molecule has 2 aliphatic heterocycles. The quantitative estimate of drug-likeness (QED) is 0.372. The van der Waals surface area contributed by atoms with Crippen LogP contribution in [0.3, 0.4) is 0 Å². The predicted molar refractivity (Wildman–Crippen MR) is 93.9 cm³/mol. The molecule has 144 valence electrons. The molecule has 0 spiro atoms. The number of aliphatic hydroxyl groups is 1. The van der Waals surface area contributed by atoms with E-state index in [9.17, 15) is 14.7 Å². The van der Waals surface area contributed by atoms with E-state index in [1.54, 1.807) is 13.8 Å². The zero-order valence-corrected chi connectivity index (χ0v) is 16.9. The third kappa shape index (κ3) is 5.49. The number of alkyl halides is 1. The summed E-state index contributed by atoms with van der Waals surface area (Å²) < 4.78 is 27.7. The fourth-order valence-corrected chi connectivity index (χ4v) is 3.84. The lowest BCUT2D eigenvalue weighted by Crippen LogP contribution is -2.59. The van der Waals surface area contributed by atoms with E-state index in [1.807, 2.05) is 0 Å². The van der Waals surface area contributed by atoms with Crippen molar-refractivity contribution < 1.29 is 38.4 Å². The highest BCUT2D eigenvalue weighted by molar-refractivity contribution is 14.1. The summed E-state index contributed by atoms with van der Waals surface area (Å²) in [6, 6.07) is 0. The Morgan fingerprint density at radius 3 is 2.20 bits per heavy atom. The van der Waals surface area contributed by atoms with E-state index in [0.717, 1.165) is 0 Å². The van der Waals surface area contributed by atoms with Gasteiger partial charge in [-0.05, 0) is 20.3 Å². The van der Waals surface area contributed by atoms with Crippen LogP contribution >= 0.6 is 22.6 Å². The molecule has 8 nitrogen and oxygen atoms in total. The second kappa shape index (κ2) is 8.94. The van der Waals surface area contributed by atoms with Crippen molar-refractivity contribution in [3.05, 3.63) is 0 Å². The van der Waals surface area contributed by atoms with Crippen molar-refractivity contribution in [2.75, 3.05) is 0 Å². The van der Waals surface area contributed by atoms with Crippen molar-refractivity contribution in [2.45, 2.75) is 87.6 Å². The maximum absolute atomic E-state index is 11.5. The van der Waals surface area contributed by atoms with Crippen molar-refractivity contribution in [1.82, 2.24) is 0 Å². The average Bonchev–Trinajstić information content (AvgIpc) is 2.50. The zero-order chi connectivity index (χ0) is 18.7. The molecule has 0 aliphatic carbocycles. The van der Waals surface area contributed by atoms with Gasteiger partial charge in [0.05, 0.1) is 18.3 Å². The number of aliphatic hydroxyl groups excluding tert-OH is 1. The van der Waals surface area contributed by atoms with Gasteiger partial charge in [0.25, 0.3) is 0 Å². The van der Waals surface area contributed by atoms with Crippen LogP contribution in [0.15, 0.2) is 0 Å². The van der Waals surface area contributed by atoms with Gasteiger partial charge in [0.15, 0.2) is 12.4 Å². The van der Waals surface area contributed by atoms with Crippen LogP contribution < -0.4 is 0 Å². The third-order valence-corrected chi connectivity index (χ3v) is 5.50. The van der Waals surface area contributed by atoms with E-state index >= 15 is 0 Å². The molecule has 2 aliphatic rings. The smallest absolute Gasteiger partial charge is 0.304 e. The lowest BCUT2D eigenvalue weighted by atomic mass is 10.0. The van der Waals surface area contributed by atoms with Gasteiger partial charge in [0.2, 0.25) is 6.29 Å². The average molecular weight is 472 g/mol. The Morgan fingerprint density at radius 1 is 1.00 bits per heavy atom. The molecule has 2 heterocycles. The minimum Gasteiger partial charge on any atom is -0.457 e. The molecule has 0 saturated carbocycles. The van der Waals surface area contributed by atoms with Crippen LogP contribution in [-0.4, -0.2) is 64.1 Å². The first kappa shape index (κ1) is 20.8. The molecule has 25 heavy (non-hydrogen) atoms. The van der Waals surface area contributed by atoms with Crippen molar-refractivity contribution in [3.8, 4) is 0 Å². The number of halogens is 1. The van der Waals surface area contributed by atoms with E-state index in [0.29, 0.717) is 12.8 Å². The van der Waals surface area contributed by atoms with E-state index in [-0.39, 0.29) is 6.10 Å². The van der Waals surface area contributed by atoms with Crippen LogP contribution in [0.4, 0.5) is 0 Å². The summed E-state index contributed by atoms with van der Waals surface area (Å²) in [5, 5.41) is 9.78. The molecule has 0 radical (unpaired) electrons. The Kier molecular flexibility index (Phi) is 7.44. The molecule has 2 rings (SSSR count). The van der Waals surface area contributed by atoms with Gasteiger partial charge in [0, 0.05) is 20.3 Å². The molecule has 8 atom stereocenters. The molecular formula is C16H25IO8. The minimum atomic E-state index is -0.809. The number of rotatable bonds is 4. The van der Waals surface area contributed by atoms with Crippen LogP contribution in [0.25, 0.3) is 0 Å². The SMILES string of the molecule is CC(=O)O[C@H]1O[C@H](C)[C@@H](OC(C)=O)[C@H](O[C@H]2CC[C@H](O)[C@H](C)O2)[C@H]1I. The summed E-state index contributed by atoms with van der Waals surface area (Å²) in [6.07, 6.45) is -2.90. The molecule has 9 heteroatoms. The van der Waals surface area contributed by atoms with Gasteiger partial charge >= 0.3 is 11.9 Å².